The normalized spacial score (nSPS) is 19.9. The molecule has 106 valence electrons. The first-order valence-corrected chi connectivity index (χ1v) is 6.89. The number of likely N-dealkylation sites (tertiary alicyclic amines) is 1. The van der Waals surface area contributed by atoms with E-state index in [0.29, 0.717) is 19.7 Å². The summed E-state index contributed by atoms with van der Waals surface area (Å²) in [5, 5.41) is 0. The monoisotopic (exact) mass is 265 g/mol. The van der Waals surface area contributed by atoms with Crippen molar-refractivity contribution in [3.8, 4) is 0 Å². The van der Waals surface area contributed by atoms with E-state index in [1.165, 1.54) is 5.57 Å². The summed E-state index contributed by atoms with van der Waals surface area (Å²) in [7, 11) is 0. The largest absolute Gasteiger partial charge is 0.444 e. The molecule has 0 atom stereocenters. The number of amides is 1. The summed E-state index contributed by atoms with van der Waals surface area (Å²) in [6.45, 7) is 7.53. The predicted octanol–water partition coefficient (Wildman–Crippen LogP) is 2.90. The van der Waals surface area contributed by atoms with E-state index in [0.717, 1.165) is 12.8 Å². The van der Waals surface area contributed by atoms with Crippen molar-refractivity contribution in [2.24, 2.45) is 0 Å². The first-order valence-electron chi connectivity index (χ1n) is 6.89. The zero-order chi connectivity index (χ0) is 13.9. The number of nitrogens with zero attached hydrogens (tertiary/aromatic N) is 1. The number of ether oxygens (including phenoxy) is 2. The second kappa shape index (κ2) is 5.78. The van der Waals surface area contributed by atoms with Gasteiger partial charge >= 0.3 is 6.09 Å². The van der Waals surface area contributed by atoms with Crippen molar-refractivity contribution in [2.45, 2.75) is 45.3 Å². The van der Waals surface area contributed by atoms with Crippen LogP contribution in [-0.2, 0) is 9.47 Å². The van der Waals surface area contributed by atoms with Gasteiger partial charge in [-0.1, -0.05) is 18.2 Å². The minimum atomic E-state index is -0.430. The van der Waals surface area contributed by atoms with E-state index < -0.39 is 5.60 Å². The Labute approximate surface area is 115 Å². The van der Waals surface area contributed by atoms with E-state index in [1.807, 2.05) is 20.8 Å². The van der Waals surface area contributed by atoms with Crippen LogP contribution in [0.15, 0.2) is 23.8 Å². The lowest BCUT2D eigenvalue weighted by atomic mass is 10.1. The van der Waals surface area contributed by atoms with E-state index in [1.54, 1.807) is 4.90 Å². The molecule has 1 aliphatic carbocycles. The third-order valence-corrected chi connectivity index (χ3v) is 3.06. The van der Waals surface area contributed by atoms with Crippen molar-refractivity contribution in [2.75, 3.05) is 19.7 Å². The first-order chi connectivity index (χ1) is 8.94. The fourth-order valence-corrected chi connectivity index (χ4v) is 2.01. The van der Waals surface area contributed by atoms with Crippen LogP contribution in [0.1, 0.15) is 33.6 Å². The van der Waals surface area contributed by atoms with Crippen molar-refractivity contribution < 1.29 is 14.3 Å². The maximum Gasteiger partial charge on any atom is 0.410 e. The van der Waals surface area contributed by atoms with E-state index >= 15 is 0 Å². The highest BCUT2D eigenvalue weighted by atomic mass is 16.6. The molecule has 0 spiro atoms. The lowest BCUT2D eigenvalue weighted by molar-refractivity contribution is -0.0568. The number of carbonyl (C=O) groups is 1. The Kier molecular flexibility index (Phi) is 4.30. The van der Waals surface area contributed by atoms with Gasteiger partial charge in [-0.05, 0) is 39.2 Å². The average molecular weight is 265 g/mol. The van der Waals surface area contributed by atoms with E-state index in [4.69, 9.17) is 9.47 Å². The van der Waals surface area contributed by atoms with Crippen molar-refractivity contribution >= 4 is 6.09 Å². The number of allylic oxidation sites excluding steroid dienone is 2. The maximum atomic E-state index is 11.7. The summed E-state index contributed by atoms with van der Waals surface area (Å²) in [6, 6.07) is 0. The molecule has 0 aromatic rings. The molecule has 1 fully saturated rings. The van der Waals surface area contributed by atoms with Crippen LogP contribution in [0.3, 0.4) is 0 Å². The second-order valence-electron chi connectivity index (χ2n) is 6.08. The average Bonchev–Trinajstić information content (AvgIpc) is 2.25. The third kappa shape index (κ3) is 4.39. The Balaban J connectivity index is 1.65. The van der Waals surface area contributed by atoms with E-state index in [2.05, 4.69) is 18.2 Å². The summed E-state index contributed by atoms with van der Waals surface area (Å²) >= 11 is 0. The molecule has 0 N–H and O–H groups in total. The third-order valence-electron chi connectivity index (χ3n) is 3.06. The molecule has 1 amide bonds. The summed E-state index contributed by atoms with van der Waals surface area (Å²) in [4.78, 5) is 13.4. The highest BCUT2D eigenvalue weighted by molar-refractivity contribution is 5.69. The quantitative estimate of drug-likeness (QED) is 0.787. The van der Waals surface area contributed by atoms with Gasteiger partial charge in [0.2, 0.25) is 0 Å². The highest BCUT2D eigenvalue weighted by Crippen LogP contribution is 2.18. The molecule has 1 saturated heterocycles. The van der Waals surface area contributed by atoms with Crippen LogP contribution in [0.2, 0.25) is 0 Å². The van der Waals surface area contributed by atoms with Crippen LogP contribution in [0, 0.1) is 0 Å². The minimum absolute atomic E-state index is 0.142. The topological polar surface area (TPSA) is 38.8 Å². The van der Waals surface area contributed by atoms with Crippen LogP contribution < -0.4 is 0 Å². The zero-order valence-corrected chi connectivity index (χ0v) is 12.0. The number of hydrogen-bond acceptors (Lipinski definition) is 3. The molecule has 19 heavy (non-hydrogen) atoms. The number of hydrogen-bond donors (Lipinski definition) is 0. The number of rotatable bonds is 3. The highest BCUT2D eigenvalue weighted by Gasteiger charge is 2.34. The molecule has 4 nitrogen and oxygen atoms in total. The molecule has 0 saturated carbocycles. The van der Waals surface area contributed by atoms with Gasteiger partial charge in [-0.3, -0.25) is 0 Å². The second-order valence-corrected chi connectivity index (χ2v) is 6.08. The smallest absolute Gasteiger partial charge is 0.410 e. The van der Waals surface area contributed by atoms with Crippen molar-refractivity contribution in [1.29, 1.82) is 0 Å². The maximum absolute atomic E-state index is 11.7. The molecule has 0 aromatic heterocycles. The molecule has 4 heteroatoms. The molecular formula is C15H23NO3. The zero-order valence-electron chi connectivity index (χ0n) is 12.0. The van der Waals surface area contributed by atoms with Gasteiger partial charge in [0.1, 0.15) is 5.60 Å². The molecule has 0 aromatic carbocycles. The Bertz CT molecular complexity index is 387. The van der Waals surface area contributed by atoms with E-state index in [9.17, 15) is 4.79 Å². The molecule has 1 heterocycles. The van der Waals surface area contributed by atoms with E-state index in [-0.39, 0.29) is 12.2 Å². The Morgan fingerprint density at radius 2 is 2.11 bits per heavy atom. The van der Waals surface area contributed by atoms with Gasteiger partial charge in [0.25, 0.3) is 0 Å². The molecular weight excluding hydrogens is 242 g/mol. The lowest BCUT2D eigenvalue weighted by Gasteiger charge is -2.39. The SMILES string of the molecule is CC(C)(C)OC(=O)N1CC(OCC2=CCCC=C2)C1. The van der Waals surface area contributed by atoms with Crippen molar-refractivity contribution in [3.63, 3.8) is 0 Å². The summed E-state index contributed by atoms with van der Waals surface area (Å²) in [5.41, 5.74) is 0.808. The van der Waals surface area contributed by atoms with Crippen molar-refractivity contribution in [3.05, 3.63) is 23.8 Å². The standard InChI is InChI=1S/C15H23NO3/c1-15(2,3)19-14(17)16-9-13(10-16)18-11-12-7-5-4-6-8-12/h5,7-8,13H,4,6,9-11H2,1-3H3. The Hall–Kier alpha value is -1.29. The summed E-state index contributed by atoms with van der Waals surface area (Å²) in [6.07, 6.45) is 8.63. The minimum Gasteiger partial charge on any atom is -0.444 e. The van der Waals surface area contributed by atoms with Gasteiger partial charge in [0.05, 0.1) is 25.8 Å². The Morgan fingerprint density at radius 1 is 1.37 bits per heavy atom. The fraction of sp³-hybridized carbons (Fsp3) is 0.667. The van der Waals surface area contributed by atoms with Gasteiger partial charge < -0.3 is 14.4 Å². The molecule has 2 aliphatic rings. The molecule has 0 bridgehead atoms. The van der Waals surface area contributed by atoms with Crippen LogP contribution in [-0.4, -0.2) is 42.4 Å². The summed E-state index contributed by atoms with van der Waals surface area (Å²) in [5.74, 6) is 0. The molecule has 2 rings (SSSR count). The van der Waals surface area contributed by atoms with Gasteiger partial charge in [0.15, 0.2) is 0 Å². The number of carbonyl (C=O) groups excluding carboxylic acids is 1. The van der Waals surface area contributed by atoms with Crippen LogP contribution in [0.25, 0.3) is 0 Å². The fourth-order valence-electron chi connectivity index (χ4n) is 2.01. The molecule has 1 aliphatic heterocycles. The van der Waals surface area contributed by atoms with Crippen molar-refractivity contribution in [1.82, 2.24) is 4.90 Å². The van der Waals surface area contributed by atoms with Gasteiger partial charge in [-0.25, -0.2) is 4.79 Å². The van der Waals surface area contributed by atoms with Gasteiger partial charge in [-0.15, -0.1) is 0 Å². The molecule has 0 radical (unpaired) electrons. The lowest BCUT2D eigenvalue weighted by Crippen LogP contribution is -2.56. The summed E-state index contributed by atoms with van der Waals surface area (Å²) < 4.78 is 11.1. The van der Waals surface area contributed by atoms with Crippen LogP contribution in [0.5, 0.6) is 0 Å². The van der Waals surface area contributed by atoms with Crippen LogP contribution >= 0.6 is 0 Å². The molecule has 0 unspecified atom stereocenters. The van der Waals surface area contributed by atoms with Crippen LogP contribution in [0.4, 0.5) is 4.79 Å². The van der Waals surface area contributed by atoms with Gasteiger partial charge in [-0.2, -0.15) is 0 Å². The van der Waals surface area contributed by atoms with Gasteiger partial charge in [0, 0.05) is 0 Å². The Morgan fingerprint density at radius 3 is 2.68 bits per heavy atom. The predicted molar refractivity (Wildman–Crippen MR) is 74.0 cm³/mol. The first kappa shape index (κ1) is 14.1.